The van der Waals surface area contributed by atoms with Crippen molar-refractivity contribution in [2.75, 3.05) is 12.4 Å². The Bertz CT molecular complexity index is 577. The number of benzene rings is 1. The predicted octanol–water partition coefficient (Wildman–Crippen LogP) is 2.05. The van der Waals surface area contributed by atoms with E-state index >= 15 is 0 Å². The van der Waals surface area contributed by atoms with Crippen molar-refractivity contribution < 1.29 is 17.4 Å². The Hall–Kier alpha value is -1.60. The molecule has 1 fully saturated rings. The van der Waals surface area contributed by atoms with Gasteiger partial charge in [-0.05, 0) is 37.1 Å². The smallest absolute Gasteiger partial charge is 0.371 e. The van der Waals surface area contributed by atoms with Gasteiger partial charge in [-0.25, -0.2) is 0 Å². The summed E-state index contributed by atoms with van der Waals surface area (Å²) in [6.45, 7) is 0. The van der Waals surface area contributed by atoms with E-state index < -0.39 is 10.3 Å². The Morgan fingerprint density at radius 2 is 1.76 bits per heavy atom. The van der Waals surface area contributed by atoms with Gasteiger partial charge in [0.2, 0.25) is 5.91 Å². The maximum Gasteiger partial charge on any atom is 0.382 e. The first-order chi connectivity index (χ1) is 10.00. The lowest BCUT2D eigenvalue weighted by Crippen LogP contribution is -2.25. The Kier molecular flexibility index (Phi) is 5.19. The molecule has 1 aromatic rings. The molecule has 2 N–H and O–H groups in total. The number of anilines is 1. The van der Waals surface area contributed by atoms with Gasteiger partial charge in [-0.15, -0.1) is 0 Å². The lowest BCUT2D eigenvalue weighted by Gasteiger charge is -2.20. The molecule has 1 aromatic carbocycles. The summed E-state index contributed by atoms with van der Waals surface area (Å²) < 4.78 is 29.3. The van der Waals surface area contributed by atoms with Gasteiger partial charge in [0.05, 0.1) is 0 Å². The molecule has 1 saturated carbocycles. The third-order valence-corrected chi connectivity index (χ3v) is 4.47. The van der Waals surface area contributed by atoms with Crippen LogP contribution in [0.1, 0.15) is 32.1 Å². The first kappa shape index (κ1) is 15.8. The molecule has 0 bridgehead atoms. The van der Waals surface area contributed by atoms with Gasteiger partial charge in [0.1, 0.15) is 5.75 Å². The van der Waals surface area contributed by atoms with Gasteiger partial charge in [0, 0.05) is 18.7 Å². The largest absolute Gasteiger partial charge is 0.382 e. The molecule has 0 atom stereocenters. The van der Waals surface area contributed by atoms with Crippen LogP contribution in [0.2, 0.25) is 0 Å². The van der Waals surface area contributed by atoms with E-state index in [0.717, 1.165) is 25.7 Å². The van der Waals surface area contributed by atoms with Crippen molar-refractivity contribution in [3.63, 3.8) is 0 Å². The number of carbonyl (C=O) groups excluding carboxylic acids is 1. The van der Waals surface area contributed by atoms with E-state index in [4.69, 9.17) is 4.18 Å². The number of nitrogens with one attached hydrogen (secondary N) is 2. The zero-order chi connectivity index (χ0) is 15.3. The minimum absolute atomic E-state index is 0.0335. The second kappa shape index (κ2) is 6.91. The first-order valence-electron chi connectivity index (χ1n) is 7.04. The van der Waals surface area contributed by atoms with Crippen molar-refractivity contribution in [2.45, 2.75) is 32.1 Å². The monoisotopic (exact) mass is 312 g/mol. The van der Waals surface area contributed by atoms with Gasteiger partial charge in [-0.3, -0.25) is 4.79 Å². The Labute approximate surface area is 125 Å². The summed E-state index contributed by atoms with van der Waals surface area (Å²) in [6.07, 6.45) is 5.29. The summed E-state index contributed by atoms with van der Waals surface area (Å²) >= 11 is 0. The average molecular weight is 312 g/mol. The Balaban J connectivity index is 1.94. The second-order valence-electron chi connectivity index (χ2n) is 5.09. The van der Waals surface area contributed by atoms with Gasteiger partial charge < -0.3 is 9.50 Å². The van der Waals surface area contributed by atoms with E-state index in [1.807, 2.05) is 0 Å². The maximum atomic E-state index is 12.1. The van der Waals surface area contributed by atoms with Crippen molar-refractivity contribution in [1.29, 1.82) is 0 Å². The fourth-order valence-electron chi connectivity index (χ4n) is 2.37. The summed E-state index contributed by atoms with van der Waals surface area (Å²) in [7, 11) is -2.49. The second-order valence-corrected chi connectivity index (χ2v) is 6.57. The summed E-state index contributed by atoms with van der Waals surface area (Å²) in [5.41, 5.74) is 0.639. The van der Waals surface area contributed by atoms with Gasteiger partial charge in [-0.2, -0.15) is 13.1 Å². The third-order valence-electron chi connectivity index (χ3n) is 3.55. The van der Waals surface area contributed by atoms with Gasteiger partial charge >= 0.3 is 10.3 Å². The van der Waals surface area contributed by atoms with Crippen LogP contribution in [0.15, 0.2) is 24.3 Å². The molecule has 1 aliphatic rings. The van der Waals surface area contributed by atoms with E-state index in [-0.39, 0.29) is 17.6 Å². The summed E-state index contributed by atoms with van der Waals surface area (Å²) in [6, 6.07) is 6.26. The number of hydrogen-bond acceptors (Lipinski definition) is 4. The van der Waals surface area contributed by atoms with Crippen LogP contribution in [0.4, 0.5) is 5.69 Å². The normalized spacial score (nSPS) is 16.4. The van der Waals surface area contributed by atoms with Crippen molar-refractivity contribution in [3.8, 4) is 5.75 Å². The van der Waals surface area contributed by atoms with Crippen LogP contribution in [0.25, 0.3) is 0 Å². The van der Waals surface area contributed by atoms with Crippen LogP contribution in [0.5, 0.6) is 5.75 Å². The van der Waals surface area contributed by atoms with Gasteiger partial charge in [0.15, 0.2) is 0 Å². The molecule has 1 amide bonds. The zero-order valence-electron chi connectivity index (χ0n) is 12.0. The molecule has 0 saturated heterocycles. The molecule has 0 unspecified atom stereocenters. The molecular formula is C14H20N2O4S. The van der Waals surface area contributed by atoms with Crippen molar-refractivity contribution >= 4 is 21.9 Å². The van der Waals surface area contributed by atoms with Crippen LogP contribution in [-0.2, 0) is 15.1 Å². The predicted molar refractivity (Wildman–Crippen MR) is 80.3 cm³/mol. The molecule has 6 nitrogen and oxygen atoms in total. The quantitative estimate of drug-likeness (QED) is 0.871. The molecule has 21 heavy (non-hydrogen) atoms. The molecule has 1 aliphatic carbocycles. The van der Waals surface area contributed by atoms with E-state index in [0.29, 0.717) is 5.69 Å². The fourth-order valence-corrected chi connectivity index (χ4v) is 2.82. The lowest BCUT2D eigenvalue weighted by molar-refractivity contribution is -0.120. The molecule has 2 rings (SSSR count). The number of carbonyl (C=O) groups is 1. The van der Waals surface area contributed by atoms with Crippen LogP contribution in [-0.4, -0.2) is 21.4 Å². The maximum absolute atomic E-state index is 12.1. The third kappa shape index (κ3) is 4.71. The molecule has 116 valence electrons. The van der Waals surface area contributed by atoms with Crippen LogP contribution >= 0.6 is 0 Å². The number of amides is 1. The summed E-state index contributed by atoms with van der Waals surface area (Å²) in [5.74, 6) is 0.311. The Morgan fingerprint density at radius 1 is 1.14 bits per heavy atom. The highest BCUT2D eigenvalue weighted by Crippen LogP contribution is 2.25. The van der Waals surface area contributed by atoms with Gasteiger partial charge in [-0.1, -0.05) is 19.3 Å². The van der Waals surface area contributed by atoms with E-state index in [2.05, 4.69) is 10.0 Å². The van der Waals surface area contributed by atoms with E-state index in [9.17, 15) is 13.2 Å². The topological polar surface area (TPSA) is 84.5 Å². The van der Waals surface area contributed by atoms with Crippen LogP contribution in [0, 0.1) is 5.92 Å². The molecule has 0 aromatic heterocycles. The van der Waals surface area contributed by atoms with E-state index in [1.165, 1.54) is 25.6 Å². The lowest BCUT2D eigenvalue weighted by atomic mass is 9.88. The standard InChI is InChI=1S/C14H20N2O4S/c1-15-21(18,19)20-13-9-7-12(8-10-13)16-14(17)11-5-3-2-4-6-11/h7-11,15H,2-6H2,1H3,(H,16,17). The minimum Gasteiger partial charge on any atom is -0.371 e. The molecular weight excluding hydrogens is 292 g/mol. The summed E-state index contributed by atoms with van der Waals surface area (Å²) in [5, 5.41) is 2.86. The first-order valence-corrected chi connectivity index (χ1v) is 8.45. The zero-order valence-corrected chi connectivity index (χ0v) is 12.8. The number of hydrogen-bond donors (Lipinski definition) is 2. The van der Waals surface area contributed by atoms with E-state index in [1.54, 1.807) is 12.1 Å². The summed E-state index contributed by atoms with van der Waals surface area (Å²) in [4.78, 5) is 12.1. The molecule has 0 heterocycles. The van der Waals surface area contributed by atoms with Gasteiger partial charge in [0.25, 0.3) is 0 Å². The average Bonchev–Trinajstić information content (AvgIpc) is 2.50. The minimum atomic E-state index is -3.76. The highest BCUT2D eigenvalue weighted by Gasteiger charge is 2.21. The van der Waals surface area contributed by atoms with Crippen LogP contribution in [0.3, 0.4) is 0 Å². The van der Waals surface area contributed by atoms with Crippen molar-refractivity contribution in [2.24, 2.45) is 5.92 Å². The van der Waals surface area contributed by atoms with Crippen LogP contribution < -0.4 is 14.2 Å². The SMILES string of the molecule is CNS(=O)(=O)Oc1ccc(NC(=O)C2CCCCC2)cc1. The fraction of sp³-hybridized carbons (Fsp3) is 0.500. The Morgan fingerprint density at radius 3 is 2.33 bits per heavy atom. The highest BCUT2D eigenvalue weighted by molar-refractivity contribution is 7.85. The van der Waals surface area contributed by atoms with Crippen molar-refractivity contribution in [1.82, 2.24) is 4.72 Å². The number of rotatable bonds is 5. The molecule has 7 heteroatoms. The molecule has 0 aliphatic heterocycles. The molecule has 0 spiro atoms. The molecule has 0 radical (unpaired) electrons. The highest BCUT2D eigenvalue weighted by atomic mass is 32.2. The van der Waals surface area contributed by atoms with Crippen molar-refractivity contribution in [3.05, 3.63) is 24.3 Å².